The fraction of sp³-hybridized carbons (Fsp3) is 0.733. The van der Waals surface area contributed by atoms with Gasteiger partial charge in [0.1, 0.15) is 5.76 Å². The Balaban J connectivity index is 1.78. The summed E-state index contributed by atoms with van der Waals surface area (Å²) >= 11 is 0. The van der Waals surface area contributed by atoms with Crippen molar-refractivity contribution in [2.24, 2.45) is 5.73 Å². The quantitative estimate of drug-likeness (QED) is 0.771. The fourth-order valence-corrected chi connectivity index (χ4v) is 2.81. The zero-order chi connectivity index (χ0) is 13.5. The van der Waals surface area contributed by atoms with Crippen LogP contribution in [0.25, 0.3) is 0 Å². The number of hydrogen-bond acceptors (Lipinski definition) is 4. The Morgan fingerprint density at radius 2 is 2.26 bits per heavy atom. The first-order valence-electron chi connectivity index (χ1n) is 7.44. The van der Waals surface area contributed by atoms with E-state index in [1.165, 1.54) is 0 Å². The van der Waals surface area contributed by atoms with Crippen LogP contribution in [0.2, 0.25) is 0 Å². The summed E-state index contributed by atoms with van der Waals surface area (Å²) in [6, 6.07) is 4.47. The highest BCUT2D eigenvalue weighted by atomic mass is 16.5. The van der Waals surface area contributed by atoms with Gasteiger partial charge in [-0.3, -0.25) is 4.90 Å². The molecule has 1 aliphatic rings. The van der Waals surface area contributed by atoms with Gasteiger partial charge in [0.2, 0.25) is 0 Å². The molecule has 0 aromatic carbocycles. The predicted octanol–water partition coefficient (Wildman–Crippen LogP) is 2.56. The number of nitrogens with zero attached hydrogens (tertiary/aromatic N) is 1. The summed E-state index contributed by atoms with van der Waals surface area (Å²) in [6.07, 6.45) is 6.46. The van der Waals surface area contributed by atoms with E-state index in [4.69, 9.17) is 14.9 Å². The van der Waals surface area contributed by atoms with Crippen molar-refractivity contribution in [2.45, 2.75) is 44.8 Å². The van der Waals surface area contributed by atoms with Gasteiger partial charge in [-0.2, -0.15) is 0 Å². The second-order valence-corrected chi connectivity index (χ2v) is 5.19. The van der Waals surface area contributed by atoms with E-state index in [9.17, 15) is 0 Å². The largest absolute Gasteiger partial charge is 0.468 e. The van der Waals surface area contributed by atoms with Crippen molar-refractivity contribution < 1.29 is 9.15 Å². The summed E-state index contributed by atoms with van der Waals surface area (Å²) in [6.45, 7) is 5.92. The number of rotatable bonds is 7. The second kappa shape index (κ2) is 7.68. The first-order valence-corrected chi connectivity index (χ1v) is 7.44. The third kappa shape index (κ3) is 4.06. The predicted molar refractivity (Wildman–Crippen MR) is 76.0 cm³/mol. The molecular weight excluding hydrogens is 240 g/mol. The van der Waals surface area contributed by atoms with Gasteiger partial charge in [0, 0.05) is 19.7 Å². The highest BCUT2D eigenvalue weighted by molar-refractivity contribution is 5.05. The average molecular weight is 266 g/mol. The van der Waals surface area contributed by atoms with Gasteiger partial charge in [-0.05, 0) is 44.4 Å². The summed E-state index contributed by atoms with van der Waals surface area (Å²) in [7, 11) is 0. The van der Waals surface area contributed by atoms with Gasteiger partial charge < -0.3 is 14.9 Å². The molecule has 2 rings (SSSR count). The summed E-state index contributed by atoms with van der Waals surface area (Å²) < 4.78 is 11.4. The summed E-state index contributed by atoms with van der Waals surface area (Å²) in [5.41, 5.74) is 5.48. The Bertz CT molecular complexity index is 332. The topological polar surface area (TPSA) is 51.6 Å². The molecule has 1 saturated heterocycles. The third-order valence-electron chi connectivity index (χ3n) is 3.88. The molecular formula is C15H26N2O2. The lowest BCUT2D eigenvalue weighted by Gasteiger charge is -2.36. The maximum atomic E-state index is 5.85. The van der Waals surface area contributed by atoms with E-state index in [0.717, 1.165) is 57.7 Å². The van der Waals surface area contributed by atoms with E-state index in [-0.39, 0.29) is 0 Å². The van der Waals surface area contributed by atoms with E-state index < -0.39 is 0 Å². The van der Waals surface area contributed by atoms with Crippen molar-refractivity contribution >= 4 is 0 Å². The van der Waals surface area contributed by atoms with Crippen LogP contribution < -0.4 is 5.73 Å². The zero-order valence-corrected chi connectivity index (χ0v) is 11.9. The maximum Gasteiger partial charge on any atom is 0.120 e. The molecule has 4 nitrogen and oxygen atoms in total. The Morgan fingerprint density at radius 3 is 2.84 bits per heavy atom. The lowest BCUT2D eigenvalue weighted by molar-refractivity contribution is -0.00518. The van der Waals surface area contributed by atoms with Crippen molar-refractivity contribution in [2.75, 3.05) is 26.2 Å². The van der Waals surface area contributed by atoms with Gasteiger partial charge in [0.15, 0.2) is 0 Å². The average Bonchev–Trinajstić information content (AvgIpc) is 2.96. The molecule has 2 N–H and O–H groups in total. The summed E-state index contributed by atoms with van der Waals surface area (Å²) in [4.78, 5) is 2.52. The molecule has 2 heterocycles. The minimum Gasteiger partial charge on any atom is -0.468 e. The highest BCUT2D eigenvalue weighted by Gasteiger charge is 2.26. The van der Waals surface area contributed by atoms with Crippen LogP contribution in [-0.2, 0) is 4.74 Å². The van der Waals surface area contributed by atoms with Crippen LogP contribution in [0.4, 0.5) is 0 Å². The van der Waals surface area contributed by atoms with Crippen molar-refractivity contribution in [3.8, 4) is 0 Å². The maximum absolute atomic E-state index is 5.85. The first kappa shape index (κ1) is 14.6. The van der Waals surface area contributed by atoms with Crippen LogP contribution in [0.1, 0.15) is 44.4 Å². The van der Waals surface area contributed by atoms with Crippen LogP contribution >= 0.6 is 0 Å². The molecule has 0 saturated carbocycles. The molecule has 108 valence electrons. The number of piperidine rings is 1. The number of likely N-dealkylation sites (tertiary alicyclic amines) is 1. The molecule has 0 amide bonds. The minimum absolute atomic E-state index is 0.414. The molecule has 1 aromatic rings. The highest BCUT2D eigenvalue weighted by Crippen LogP contribution is 2.28. The number of hydrogen-bond donors (Lipinski definition) is 1. The van der Waals surface area contributed by atoms with Crippen molar-refractivity contribution in [1.82, 2.24) is 4.90 Å². The Labute approximate surface area is 115 Å². The Kier molecular flexibility index (Phi) is 5.89. The third-order valence-corrected chi connectivity index (χ3v) is 3.88. The van der Waals surface area contributed by atoms with E-state index in [0.29, 0.717) is 12.1 Å². The van der Waals surface area contributed by atoms with Crippen LogP contribution in [0.5, 0.6) is 0 Å². The van der Waals surface area contributed by atoms with Crippen LogP contribution in [0.15, 0.2) is 22.8 Å². The smallest absolute Gasteiger partial charge is 0.120 e. The van der Waals surface area contributed by atoms with Crippen molar-refractivity contribution in [3.05, 3.63) is 24.2 Å². The van der Waals surface area contributed by atoms with Crippen LogP contribution in [-0.4, -0.2) is 37.2 Å². The molecule has 1 fully saturated rings. The first-order chi connectivity index (χ1) is 9.35. The molecule has 0 bridgehead atoms. The number of furan rings is 1. The van der Waals surface area contributed by atoms with E-state index in [2.05, 4.69) is 17.9 Å². The standard InChI is InChI=1S/C15H26N2O2/c1-2-14(15-5-3-11-19-15)17-9-6-13(7-10-17)18-12-4-8-16/h3,5,11,13-14H,2,4,6-10,12,16H2,1H3. The van der Waals surface area contributed by atoms with Crippen molar-refractivity contribution in [1.29, 1.82) is 0 Å². The molecule has 1 aliphatic heterocycles. The molecule has 1 aromatic heterocycles. The zero-order valence-electron chi connectivity index (χ0n) is 11.9. The van der Waals surface area contributed by atoms with Crippen molar-refractivity contribution in [3.63, 3.8) is 0 Å². The monoisotopic (exact) mass is 266 g/mol. The van der Waals surface area contributed by atoms with Gasteiger partial charge >= 0.3 is 0 Å². The molecule has 19 heavy (non-hydrogen) atoms. The molecule has 0 aliphatic carbocycles. The molecule has 0 spiro atoms. The summed E-state index contributed by atoms with van der Waals surface area (Å²) in [5, 5.41) is 0. The van der Waals surface area contributed by atoms with Crippen LogP contribution in [0, 0.1) is 0 Å². The van der Waals surface area contributed by atoms with E-state index in [1.807, 2.05) is 6.07 Å². The molecule has 1 atom stereocenters. The Morgan fingerprint density at radius 1 is 1.47 bits per heavy atom. The lowest BCUT2D eigenvalue weighted by atomic mass is 10.0. The minimum atomic E-state index is 0.414. The van der Waals surface area contributed by atoms with Gasteiger partial charge in [0.25, 0.3) is 0 Å². The summed E-state index contributed by atoms with van der Waals surface area (Å²) in [5.74, 6) is 1.09. The number of ether oxygens (including phenoxy) is 1. The number of nitrogens with two attached hydrogens (primary N) is 1. The molecule has 0 radical (unpaired) electrons. The van der Waals surface area contributed by atoms with E-state index >= 15 is 0 Å². The van der Waals surface area contributed by atoms with Crippen LogP contribution in [0.3, 0.4) is 0 Å². The Hall–Kier alpha value is -0.840. The fourth-order valence-electron chi connectivity index (χ4n) is 2.81. The molecule has 4 heteroatoms. The van der Waals surface area contributed by atoms with Gasteiger partial charge in [0.05, 0.1) is 18.4 Å². The molecule has 1 unspecified atom stereocenters. The lowest BCUT2D eigenvalue weighted by Crippen LogP contribution is -2.39. The van der Waals surface area contributed by atoms with Gasteiger partial charge in [-0.1, -0.05) is 6.92 Å². The second-order valence-electron chi connectivity index (χ2n) is 5.19. The van der Waals surface area contributed by atoms with Gasteiger partial charge in [-0.15, -0.1) is 0 Å². The van der Waals surface area contributed by atoms with E-state index in [1.54, 1.807) is 6.26 Å². The normalized spacial score (nSPS) is 19.7. The SMILES string of the molecule is CCC(c1ccco1)N1CCC(OCCCN)CC1. The van der Waals surface area contributed by atoms with Gasteiger partial charge in [-0.25, -0.2) is 0 Å².